The number of hydrogen-bond acceptors (Lipinski definition) is 5. The molecule has 1 aliphatic rings. The lowest BCUT2D eigenvalue weighted by Gasteiger charge is -2.35. The molecule has 1 aromatic carbocycles. The molecule has 0 aliphatic carbocycles. The molecule has 0 radical (unpaired) electrons. The van der Waals surface area contributed by atoms with Gasteiger partial charge in [-0.1, -0.05) is 19.4 Å². The van der Waals surface area contributed by atoms with Gasteiger partial charge in [0.2, 0.25) is 10.0 Å². The Kier molecular flexibility index (Phi) is 6.92. The van der Waals surface area contributed by atoms with Crippen molar-refractivity contribution >= 4 is 15.7 Å². The van der Waals surface area contributed by atoms with Gasteiger partial charge in [0.05, 0.1) is 9.82 Å². The monoisotopic (exact) mass is 369 g/mol. The lowest BCUT2D eigenvalue weighted by molar-refractivity contribution is -0.385. The van der Waals surface area contributed by atoms with Crippen molar-refractivity contribution in [1.82, 2.24) is 9.62 Å². The molecule has 1 fully saturated rings. The molecule has 0 aromatic heterocycles. The zero-order valence-electron chi connectivity index (χ0n) is 14.9. The number of nitro groups is 1. The van der Waals surface area contributed by atoms with E-state index < -0.39 is 14.9 Å². The molecule has 8 heteroatoms. The summed E-state index contributed by atoms with van der Waals surface area (Å²) in [5, 5.41) is 10.9. The fraction of sp³-hybridized carbons (Fsp3) is 0.647. The summed E-state index contributed by atoms with van der Waals surface area (Å²) >= 11 is 0. The zero-order chi connectivity index (χ0) is 18.4. The van der Waals surface area contributed by atoms with Crippen molar-refractivity contribution in [2.24, 2.45) is 0 Å². The summed E-state index contributed by atoms with van der Waals surface area (Å²) in [5.74, 6) is 0. The van der Waals surface area contributed by atoms with Gasteiger partial charge in [-0.3, -0.25) is 10.1 Å². The third-order valence-electron chi connectivity index (χ3n) is 4.81. The number of sulfonamides is 1. The second kappa shape index (κ2) is 8.73. The summed E-state index contributed by atoms with van der Waals surface area (Å²) in [6.45, 7) is 6.11. The average Bonchev–Trinajstić information content (AvgIpc) is 2.59. The molecule has 7 nitrogen and oxygen atoms in total. The van der Waals surface area contributed by atoms with Crippen LogP contribution in [0.25, 0.3) is 0 Å². The number of likely N-dealkylation sites (tertiary alicyclic amines) is 1. The summed E-state index contributed by atoms with van der Waals surface area (Å²) in [7, 11) is -3.74. The lowest BCUT2D eigenvalue weighted by atomic mass is 10.00. The van der Waals surface area contributed by atoms with Gasteiger partial charge in [0.25, 0.3) is 5.69 Å². The Hall–Kier alpha value is -1.51. The third-order valence-corrected chi connectivity index (χ3v) is 6.41. The maximum atomic E-state index is 12.5. The molecule has 1 heterocycles. The fourth-order valence-electron chi connectivity index (χ4n) is 3.37. The van der Waals surface area contributed by atoms with Gasteiger partial charge < -0.3 is 4.90 Å². The van der Waals surface area contributed by atoms with Gasteiger partial charge in [0.15, 0.2) is 0 Å². The van der Waals surface area contributed by atoms with Crippen molar-refractivity contribution in [1.29, 1.82) is 0 Å². The molecule has 1 aromatic rings. The van der Waals surface area contributed by atoms with Crippen molar-refractivity contribution in [3.63, 3.8) is 0 Å². The van der Waals surface area contributed by atoms with E-state index in [0.717, 1.165) is 32.0 Å². The Morgan fingerprint density at radius 3 is 2.80 bits per heavy atom. The van der Waals surface area contributed by atoms with Crippen LogP contribution in [-0.4, -0.2) is 43.9 Å². The van der Waals surface area contributed by atoms with Crippen molar-refractivity contribution in [3.05, 3.63) is 33.9 Å². The number of rotatable bonds is 8. The average molecular weight is 369 g/mol. The Morgan fingerprint density at radius 2 is 2.12 bits per heavy atom. The quantitative estimate of drug-likeness (QED) is 0.432. The first kappa shape index (κ1) is 19.8. The molecule has 1 unspecified atom stereocenters. The standard InChI is InChI=1S/C17H27N3O4S/c1-3-15-7-4-5-11-19(15)12-6-10-18-25(23,24)17-13-16(20(21)22)9-8-14(17)2/h8-9,13,15,18H,3-7,10-12H2,1-2H3. The first-order valence-electron chi connectivity index (χ1n) is 8.84. The van der Waals surface area contributed by atoms with Crippen molar-refractivity contribution in [3.8, 4) is 0 Å². The number of hydrogen-bond donors (Lipinski definition) is 1. The second-order valence-corrected chi connectivity index (χ2v) is 8.29. The molecule has 1 aliphatic heterocycles. The number of non-ortho nitro benzene ring substituents is 1. The van der Waals surface area contributed by atoms with E-state index >= 15 is 0 Å². The van der Waals surface area contributed by atoms with Crippen LogP contribution in [0.5, 0.6) is 0 Å². The Labute approximate surface area is 149 Å². The second-order valence-electron chi connectivity index (χ2n) is 6.55. The van der Waals surface area contributed by atoms with Gasteiger partial charge in [-0.2, -0.15) is 0 Å². The number of nitro benzene ring substituents is 1. The van der Waals surface area contributed by atoms with E-state index in [4.69, 9.17) is 0 Å². The normalized spacial score (nSPS) is 19.0. The molecule has 0 bridgehead atoms. The summed E-state index contributed by atoms with van der Waals surface area (Å²) in [4.78, 5) is 12.7. The minimum absolute atomic E-state index is 0.0221. The van der Waals surface area contributed by atoms with E-state index in [1.807, 2.05) is 0 Å². The number of piperidine rings is 1. The highest BCUT2D eigenvalue weighted by Crippen LogP contribution is 2.22. The van der Waals surface area contributed by atoms with Gasteiger partial charge in [-0.25, -0.2) is 13.1 Å². The van der Waals surface area contributed by atoms with Crippen molar-refractivity contribution in [2.45, 2.75) is 56.9 Å². The molecule has 1 atom stereocenters. The van der Waals surface area contributed by atoms with Crippen LogP contribution in [0.15, 0.2) is 23.1 Å². The van der Waals surface area contributed by atoms with Gasteiger partial charge in [-0.05, 0) is 51.3 Å². The van der Waals surface area contributed by atoms with Crippen molar-refractivity contribution in [2.75, 3.05) is 19.6 Å². The number of aryl methyl sites for hydroxylation is 1. The molecule has 140 valence electrons. The zero-order valence-corrected chi connectivity index (χ0v) is 15.7. The number of nitrogens with zero attached hydrogens (tertiary/aromatic N) is 2. The van der Waals surface area contributed by atoms with Crippen molar-refractivity contribution < 1.29 is 13.3 Å². The predicted octanol–water partition coefficient (Wildman–Crippen LogP) is 2.84. The molecule has 1 saturated heterocycles. The van der Waals surface area contributed by atoms with Crippen LogP contribution in [0, 0.1) is 17.0 Å². The highest BCUT2D eigenvalue weighted by Gasteiger charge is 2.22. The van der Waals surface area contributed by atoms with E-state index in [0.29, 0.717) is 18.2 Å². The minimum Gasteiger partial charge on any atom is -0.300 e. The highest BCUT2D eigenvalue weighted by molar-refractivity contribution is 7.89. The topological polar surface area (TPSA) is 92.6 Å². The summed E-state index contributed by atoms with van der Waals surface area (Å²) < 4.78 is 27.5. The van der Waals surface area contributed by atoms with E-state index in [2.05, 4.69) is 16.5 Å². The van der Waals surface area contributed by atoms with Crippen LogP contribution in [0.1, 0.15) is 44.6 Å². The van der Waals surface area contributed by atoms with Gasteiger partial charge in [0.1, 0.15) is 0 Å². The molecule has 2 rings (SSSR count). The van der Waals surface area contributed by atoms with Crippen LogP contribution in [0.3, 0.4) is 0 Å². The maximum absolute atomic E-state index is 12.5. The number of benzene rings is 1. The third kappa shape index (κ3) is 5.23. The number of nitrogens with one attached hydrogen (secondary N) is 1. The van der Waals surface area contributed by atoms with Crippen LogP contribution in [-0.2, 0) is 10.0 Å². The fourth-order valence-corrected chi connectivity index (χ4v) is 4.71. The van der Waals surface area contributed by atoms with E-state index in [9.17, 15) is 18.5 Å². The first-order chi connectivity index (χ1) is 11.8. The smallest absolute Gasteiger partial charge is 0.270 e. The Bertz CT molecular complexity index is 706. The minimum atomic E-state index is -3.74. The summed E-state index contributed by atoms with van der Waals surface area (Å²) in [5.41, 5.74) is 0.283. The van der Waals surface area contributed by atoms with Gasteiger partial charge >= 0.3 is 0 Å². The van der Waals surface area contributed by atoms with E-state index in [1.165, 1.54) is 31.4 Å². The van der Waals surface area contributed by atoms with Gasteiger partial charge in [-0.15, -0.1) is 0 Å². The molecule has 25 heavy (non-hydrogen) atoms. The summed E-state index contributed by atoms with van der Waals surface area (Å²) in [6.07, 6.45) is 5.54. The largest absolute Gasteiger partial charge is 0.300 e. The van der Waals surface area contributed by atoms with Crippen LogP contribution in [0.4, 0.5) is 5.69 Å². The predicted molar refractivity (Wildman–Crippen MR) is 97.1 cm³/mol. The molecule has 1 N–H and O–H groups in total. The van der Waals surface area contributed by atoms with E-state index in [-0.39, 0.29) is 10.6 Å². The molecular weight excluding hydrogens is 342 g/mol. The molecular formula is C17H27N3O4S. The summed E-state index contributed by atoms with van der Waals surface area (Å²) in [6, 6.07) is 4.50. The Morgan fingerprint density at radius 1 is 1.36 bits per heavy atom. The first-order valence-corrected chi connectivity index (χ1v) is 10.3. The van der Waals surface area contributed by atoms with E-state index in [1.54, 1.807) is 6.92 Å². The lowest BCUT2D eigenvalue weighted by Crippen LogP contribution is -2.40. The highest BCUT2D eigenvalue weighted by atomic mass is 32.2. The SMILES string of the molecule is CCC1CCCCN1CCCNS(=O)(=O)c1cc([N+](=O)[O-])ccc1C. The molecule has 0 spiro atoms. The van der Waals surface area contributed by atoms with Crippen LogP contribution >= 0.6 is 0 Å². The Balaban J connectivity index is 1.93. The van der Waals surface area contributed by atoms with Gasteiger partial charge in [0, 0.05) is 24.7 Å². The maximum Gasteiger partial charge on any atom is 0.270 e. The molecule has 0 saturated carbocycles. The molecule has 0 amide bonds. The van der Waals surface area contributed by atoms with Crippen LogP contribution in [0.2, 0.25) is 0 Å². The van der Waals surface area contributed by atoms with Crippen LogP contribution < -0.4 is 4.72 Å².